The molecule has 0 spiro atoms. The predicted octanol–water partition coefficient (Wildman–Crippen LogP) is 22.7. The Kier molecular flexibility index (Phi) is 10.4. The van der Waals surface area contributed by atoms with Crippen LogP contribution in [0.2, 0.25) is 0 Å². The summed E-state index contributed by atoms with van der Waals surface area (Å²) in [7, 11) is 0. The predicted molar refractivity (Wildman–Crippen MR) is 373 cm³/mol. The summed E-state index contributed by atoms with van der Waals surface area (Å²) in [6.07, 6.45) is 0. The van der Waals surface area contributed by atoms with Crippen molar-refractivity contribution in [2.24, 2.45) is 0 Å². The largest absolute Gasteiger partial charge is 0.354 e. The summed E-state index contributed by atoms with van der Waals surface area (Å²) in [5.74, 6) is 0. The maximum absolute atomic E-state index is 3.60. The van der Waals surface area contributed by atoms with Crippen molar-refractivity contribution < 1.29 is 0 Å². The van der Waals surface area contributed by atoms with Crippen LogP contribution in [0.5, 0.6) is 0 Å². The molecule has 4 aromatic heterocycles. The molecule has 15 aromatic carbocycles. The van der Waals surface area contributed by atoms with Crippen LogP contribution in [0.15, 0.2) is 309 Å². The average molecular weight is 1120 g/mol. The molecule has 0 radical (unpaired) electrons. The van der Waals surface area contributed by atoms with Crippen LogP contribution in [-0.4, -0.2) is 18.7 Å². The maximum Gasteiger partial charge on any atom is 0.0619 e. The number of nitrogens with zero attached hydrogens (tertiary/aromatic N) is 3. The SMILES string of the molecule is c1ccc(-n2c3ccc(-c4ccc5c(c4)[nH]c4ccccc45)cc3c3ccc4ccccc4c32)cc1.c1ccc(-n2c3ccc(-c4ccc5c6ccccc6n(-c6ccc7c8c(cccc68)-c6ccccc6-7)c5c4)cc3c3ccc4ccccc4c32)cc1. The molecule has 4 heteroatoms. The van der Waals surface area contributed by atoms with Gasteiger partial charge in [0, 0.05) is 81.7 Å². The molecule has 88 heavy (non-hydrogen) atoms. The molecular weight excluding hydrogens is 1060 g/mol. The zero-order valence-corrected chi connectivity index (χ0v) is 47.8. The fourth-order valence-corrected chi connectivity index (χ4v) is 15.0. The molecule has 1 N–H and O–H groups in total. The van der Waals surface area contributed by atoms with E-state index in [1.54, 1.807) is 0 Å². The number of para-hydroxylation sites is 4. The maximum atomic E-state index is 3.60. The Morgan fingerprint density at radius 3 is 1.31 bits per heavy atom. The van der Waals surface area contributed by atoms with Gasteiger partial charge in [0.15, 0.2) is 0 Å². The highest BCUT2D eigenvalue weighted by Gasteiger charge is 2.25. The third-order valence-electron chi connectivity index (χ3n) is 18.9. The molecule has 0 aliphatic heterocycles. The molecule has 4 heterocycles. The second-order valence-electron chi connectivity index (χ2n) is 23.6. The number of aromatic amines is 1. The fourth-order valence-electron chi connectivity index (χ4n) is 15.0. The number of nitrogens with one attached hydrogen (secondary N) is 1. The molecule has 0 unspecified atom stereocenters. The summed E-state index contributed by atoms with van der Waals surface area (Å²) >= 11 is 0. The number of hydrogen-bond donors (Lipinski definition) is 1. The lowest BCUT2D eigenvalue weighted by Gasteiger charge is -2.14. The number of benzene rings is 15. The Labute approximate surface area is 506 Å². The van der Waals surface area contributed by atoms with Gasteiger partial charge in [0.05, 0.1) is 38.8 Å². The van der Waals surface area contributed by atoms with Crippen LogP contribution in [0.25, 0.3) is 181 Å². The van der Waals surface area contributed by atoms with Crippen LogP contribution in [0.4, 0.5) is 0 Å². The van der Waals surface area contributed by atoms with Gasteiger partial charge in [-0.1, -0.05) is 231 Å². The van der Waals surface area contributed by atoms with Gasteiger partial charge in [-0.05, 0) is 140 Å². The second kappa shape index (κ2) is 18.9. The standard InChI is InChI=1S/C50H30N2.C34H22N2/c1-2-12-34(13-3-1)51-47-27-23-32(29-44(47)42-25-21-31-11-4-5-14-35(31)50(42)51)33-22-24-39-38-17-8-9-20-45(38)52(48(39)30-33)46-28-26-41-37-16-7-6-15-36(37)40-18-10-19-43(46)49(40)41;1-2-9-25(10-3-1)36-33-19-16-23(20-30(33)29-18-14-22-8-4-5-11-26(22)34(29)36)24-15-17-28-27-12-6-7-13-31(27)35-32(28)21-24/h1-30H;1-21,35H. The van der Waals surface area contributed by atoms with E-state index >= 15 is 0 Å². The van der Waals surface area contributed by atoms with E-state index < -0.39 is 0 Å². The van der Waals surface area contributed by atoms with Crippen molar-refractivity contribution in [2.75, 3.05) is 0 Å². The van der Waals surface area contributed by atoms with Crippen LogP contribution >= 0.6 is 0 Å². The zero-order valence-electron chi connectivity index (χ0n) is 47.8. The van der Waals surface area contributed by atoms with Crippen LogP contribution in [-0.2, 0) is 0 Å². The van der Waals surface area contributed by atoms with Gasteiger partial charge >= 0.3 is 0 Å². The number of fused-ring (bicyclic) bond motifs is 19. The third kappa shape index (κ3) is 7.14. The normalized spacial score (nSPS) is 12.1. The van der Waals surface area contributed by atoms with Crippen LogP contribution in [0, 0.1) is 0 Å². The van der Waals surface area contributed by atoms with Crippen molar-refractivity contribution in [2.45, 2.75) is 0 Å². The van der Waals surface area contributed by atoms with E-state index in [0.29, 0.717) is 0 Å². The van der Waals surface area contributed by atoms with Crippen molar-refractivity contribution in [1.82, 2.24) is 18.7 Å². The molecular formula is C84H52N4. The molecule has 0 fully saturated rings. The highest BCUT2D eigenvalue weighted by molar-refractivity contribution is 6.22. The summed E-state index contributed by atoms with van der Waals surface area (Å²) < 4.78 is 7.34. The minimum Gasteiger partial charge on any atom is -0.354 e. The molecule has 19 aromatic rings. The summed E-state index contributed by atoms with van der Waals surface area (Å²) in [6, 6.07) is 113. The average Bonchev–Trinajstić information content (AvgIpc) is 1.86. The first kappa shape index (κ1) is 48.6. The molecule has 4 nitrogen and oxygen atoms in total. The Morgan fingerprint density at radius 1 is 0.216 bits per heavy atom. The molecule has 0 atom stereocenters. The van der Waals surface area contributed by atoms with Gasteiger partial charge in [0.1, 0.15) is 0 Å². The van der Waals surface area contributed by atoms with Gasteiger partial charge in [-0.3, -0.25) is 0 Å². The number of H-pyrrole nitrogens is 1. The Bertz CT molecular complexity index is 6080. The van der Waals surface area contributed by atoms with E-state index in [-0.39, 0.29) is 0 Å². The molecule has 0 saturated heterocycles. The van der Waals surface area contributed by atoms with Crippen molar-refractivity contribution >= 4 is 120 Å². The Morgan fingerprint density at radius 2 is 0.659 bits per heavy atom. The molecule has 0 amide bonds. The lowest BCUT2D eigenvalue weighted by atomic mass is 10.00. The first-order chi connectivity index (χ1) is 43.7. The van der Waals surface area contributed by atoms with E-state index in [1.807, 2.05) is 0 Å². The molecule has 1 aliphatic rings. The summed E-state index contributed by atoms with van der Waals surface area (Å²) in [5, 5.41) is 17.8. The highest BCUT2D eigenvalue weighted by atomic mass is 15.0. The summed E-state index contributed by atoms with van der Waals surface area (Å²) in [6.45, 7) is 0. The minimum atomic E-state index is 1.17. The topological polar surface area (TPSA) is 30.6 Å². The van der Waals surface area contributed by atoms with Gasteiger partial charge in [-0.25, -0.2) is 0 Å². The van der Waals surface area contributed by atoms with Gasteiger partial charge < -0.3 is 18.7 Å². The van der Waals surface area contributed by atoms with Crippen LogP contribution < -0.4 is 0 Å². The Hall–Kier alpha value is -11.7. The second-order valence-corrected chi connectivity index (χ2v) is 23.6. The van der Waals surface area contributed by atoms with Gasteiger partial charge in [0.25, 0.3) is 0 Å². The van der Waals surface area contributed by atoms with Gasteiger partial charge in [-0.15, -0.1) is 0 Å². The lowest BCUT2D eigenvalue weighted by molar-refractivity contribution is 1.19. The number of aromatic nitrogens is 4. The highest BCUT2D eigenvalue weighted by Crippen LogP contribution is 2.50. The molecule has 1 aliphatic carbocycles. The van der Waals surface area contributed by atoms with E-state index in [4.69, 9.17) is 0 Å². The van der Waals surface area contributed by atoms with Crippen molar-refractivity contribution in [1.29, 1.82) is 0 Å². The fraction of sp³-hybridized carbons (Fsp3) is 0. The van der Waals surface area contributed by atoms with Crippen molar-refractivity contribution in [3.63, 3.8) is 0 Å². The van der Waals surface area contributed by atoms with E-state index in [2.05, 4.69) is 328 Å². The third-order valence-corrected chi connectivity index (χ3v) is 18.9. The van der Waals surface area contributed by atoms with Crippen molar-refractivity contribution in [3.8, 4) is 61.6 Å². The van der Waals surface area contributed by atoms with Crippen LogP contribution in [0.1, 0.15) is 0 Å². The minimum absolute atomic E-state index is 1.17. The summed E-state index contributed by atoms with van der Waals surface area (Å²) in [4.78, 5) is 3.60. The lowest BCUT2D eigenvalue weighted by Crippen LogP contribution is -1.96. The molecule has 0 bridgehead atoms. The smallest absolute Gasteiger partial charge is 0.0619 e. The van der Waals surface area contributed by atoms with Crippen LogP contribution in [0.3, 0.4) is 0 Å². The van der Waals surface area contributed by atoms with Crippen molar-refractivity contribution in [3.05, 3.63) is 309 Å². The zero-order chi connectivity index (χ0) is 57.6. The van der Waals surface area contributed by atoms with E-state index in [9.17, 15) is 0 Å². The van der Waals surface area contributed by atoms with E-state index in [1.165, 1.54) is 181 Å². The first-order valence-corrected chi connectivity index (χ1v) is 30.4. The van der Waals surface area contributed by atoms with E-state index in [0.717, 1.165) is 0 Å². The molecule has 0 saturated carbocycles. The quantitative estimate of drug-likeness (QED) is 0.178. The monoisotopic (exact) mass is 1120 g/mol. The molecule has 408 valence electrons. The summed E-state index contributed by atoms with van der Waals surface area (Å²) in [5.41, 5.74) is 23.5. The first-order valence-electron chi connectivity index (χ1n) is 30.4. The van der Waals surface area contributed by atoms with Gasteiger partial charge in [0.2, 0.25) is 0 Å². The number of rotatable bonds is 5. The Balaban J connectivity index is 0.000000137. The van der Waals surface area contributed by atoms with Gasteiger partial charge in [-0.2, -0.15) is 0 Å². The molecule has 20 rings (SSSR count). The number of hydrogen-bond acceptors (Lipinski definition) is 0.